The fourth-order valence-corrected chi connectivity index (χ4v) is 3.08. The van der Waals surface area contributed by atoms with Crippen molar-refractivity contribution in [2.24, 2.45) is 7.05 Å². The minimum absolute atomic E-state index is 0.199. The predicted octanol–water partition coefficient (Wildman–Crippen LogP) is 1.18. The minimum atomic E-state index is -0.199. The van der Waals surface area contributed by atoms with Gasteiger partial charge >= 0.3 is 0 Å². The molecule has 24 heavy (non-hydrogen) atoms. The largest absolute Gasteiger partial charge is 0.366 e. The maximum atomic E-state index is 9.67. The van der Waals surface area contributed by atoms with Crippen molar-refractivity contribution >= 4 is 5.82 Å². The van der Waals surface area contributed by atoms with Crippen LogP contribution < -0.4 is 4.90 Å². The Morgan fingerprint density at radius 2 is 2.12 bits per heavy atom. The Hall–Kier alpha value is -2.53. The molecule has 1 aliphatic rings. The molecular weight excluding hydrogens is 306 g/mol. The third-order valence-electron chi connectivity index (χ3n) is 4.34. The Morgan fingerprint density at radius 3 is 2.75 bits per heavy atom. The summed E-state index contributed by atoms with van der Waals surface area (Å²) < 4.78 is 7.68. The number of nitrogens with zero attached hydrogens (tertiary/aromatic N) is 7. The molecule has 2 aromatic rings. The lowest BCUT2D eigenvalue weighted by Gasteiger charge is -2.33. The second-order valence-electron chi connectivity index (χ2n) is 5.75. The van der Waals surface area contributed by atoms with Crippen LogP contribution in [0, 0.1) is 11.3 Å². The minimum Gasteiger partial charge on any atom is -0.366 e. The zero-order valence-electron chi connectivity index (χ0n) is 14.2. The molecule has 0 N–H and O–H groups in total. The van der Waals surface area contributed by atoms with Gasteiger partial charge in [0.15, 0.2) is 11.6 Å². The van der Waals surface area contributed by atoms with Gasteiger partial charge in [-0.05, 0) is 18.4 Å². The Balaban J connectivity index is 1.94. The highest BCUT2D eigenvalue weighted by Crippen LogP contribution is 2.28. The maximum absolute atomic E-state index is 9.67. The molecule has 0 spiro atoms. The molecule has 0 aliphatic carbocycles. The third-order valence-corrected chi connectivity index (χ3v) is 4.34. The molecule has 0 unspecified atom stereocenters. The highest BCUT2D eigenvalue weighted by molar-refractivity contribution is 5.58. The van der Waals surface area contributed by atoms with Crippen LogP contribution in [0.5, 0.6) is 0 Å². The molecule has 3 heterocycles. The van der Waals surface area contributed by atoms with Crippen molar-refractivity contribution in [1.29, 1.82) is 5.26 Å². The predicted molar refractivity (Wildman–Crippen MR) is 87.4 cm³/mol. The SMILES string of the molecule is CCc1nnc(N2CCO[C@H](c3nncn3C)C2)c(C#N)c1CC. The van der Waals surface area contributed by atoms with E-state index in [0.717, 1.165) is 29.9 Å². The number of anilines is 1. The van der Waals surface area contributed by atoms with Gasteiger partial charge in [-0.15, -0.1) is 15.3 Å². The second kappa shape index (κ2) is 6.93. The van der Waals surface area contributed by atoms with Gasteiger partial charge < -0.3 is 14.2 Å². The highest BCUT2D eigenvalue weighted by Gasteiger charge is 2.29. The summed E-state index contributed by atoms with van der Waals surface area (Å²) in [5, 5.41) is 26.4. The normalized spacial score (nSPS) is 17.8. The molecule has 1 saturated heterocycles. The molecule has 8 nitrogen and oxygen atoms in total. The van der Waals surface area contributed by atoms with Gasteiger partial charge in [-0.3, -0.25) is 0 Å². The number of morpholine rings is 1. The number of rotatable bonds is 4. The molecule has 126 valence electrons. The maximum Gasteiger partial charge on any atom is 0.169 e. The second-order valence-corrected chi connectivity index (χ2v) is 5.75. The van der Waals surface area contributed by atoms with Gasteiger partial charge in [0.1, 0.15) is 24.1 Å². The van der Waals surface area contributed by atoms with Crippen molar-refractivity contribution in [3.63, 3.8) is 0 Å². The molecular formula is C16H21N7O. The Morgan fingerprint density at radius 1 is 1.29 bits per heavy atom. The van der Waals surface area contributed by atoms with E-state index in [4.69, 9.17) is 4.74 Å². The topological polar surface area (TPSA) is 92.8 Å². The van der Waals surface area contributed by atoms with Gasteiger partial charge in [-0.2, -0.15) is 10.4 Å². The van der Waals surface area contributed by atoms with E-state index in [1.807, 2.05) is 25.5 Å². The van der Waals surface area contributed by atoms with E-state index in [0.29, 0.717) is 31.1 Å². The first kappa shape index (κ1) is 16.3. The van der Waals surface area contributed by atoms with Crippen LogP contribution in [0.3, 0.4) is 0 Å². The van der Waals surface area contributed by atoms with Gasteiger partial charge in [-0.1, -0.05) is 13.8 Å². The molecule has 1 fully saturated rings. The average Bonchev–Trinajstić information content (AvgIpc) is 3.06. The molecule has 2 aromatic heterocycles. The van der Waals surface area contributed by atoms with Gasteiger partial charge in [0.25, 0.3) is 0 Å². The number of hydrogen-bond acceptors (Lipinski definition) is 7. The van der Waals surface area contributed by atoms with Gasteiger partial charge in [0.05, 0.1) is 18.8 Å². The van der Waals surface area contributed by atoms with Crippen LogP contribution in [0.1, 0.15) is 42.6 Å². The first-order valence-electron chi connectivity index (χ1n) is 8.18. The fourth-order valence-electron chi connectivity index (χ4n) is 3.08. The van der Waals surface area contributed by atoms with Gasteiger partial charge in [0, 0.05) is 13.6 Å². The highest BCUT2D eigenvalue weighted by atomic mass is 16.5. The van der Waals surface area contributed by atoms with Crippen molar-refractivity contribution in [1.82, 2.24) is 25.0 Å². The Labute approximate surface area is 141 Å². The van der Waals surface area contributed by atoms with E-state index >= 15 is 0 Å². The molecule has 8 heteroatoms. The monoisotopic (exact) mass is 327 g/mol. The van der Waals surface area contributed by atoms with Crippen molar-refractivity contribution in [2.45, 2.75) is 32.8 Å². The van der Waals surface area contributed by atoms with E-state index in [1.54, 1.807) is 6.33 Å². The summed E-state index contributed by atoms with van der Waals surface area (Å²) in [6, 6.07) is 2.33. The summed E-state index contributed by atoms with van der Waals surface area (Å²) in [6.07, 6.45) is 3.00. The lowest BCUT2D eigenvalue weighted by molar-refractivity contribution is 0.0318. The van der Waals surface area contributed by atoms with Crippen LogP contribution in [0.15, 0.2) is 6.33 Å². The molecule has 1 aliphatic heterocycles. The number of aromatic nitrogens is 5. The van der Waals surface area contributed by atoms with Crippen LogP contribution in [0.25, 0.3) is 0 Å². The zero-order valence-corrected chi connectivity index (χ0v) is 14.2. The molecule has 0 bridgehead atoms. The van der Waals surface area contributed by atoms with Crippen LogP contribution in [0.4, 0.5) is 5.82 Å². The van der Waals surface area contributed by atoms with Crippen molar-refractivity contribution in [3.05, 3.63) is 29.0 Å². The molecule has 3 rings (SSSR count). The van der Waals surface area contributed by atoms with Crippen LogP contribution >= 0.6 is 0 Å². The lowest BCUT2D eigenvalue weighted by atomic mass is 10.0. The van der Waals surface area contributed by atoms with Crippen LogP contribution in [-0.2, 0) is 24.6 Å². The average molecular weight is 327 g/mol. The Kier molecular flexibility index (Phi) is 4.71. The summed E-state index contributed by atoms with van der Waals surface area (Å²) in [5.74, 6) is 1.41. The van der Waals surface area contributed by atoms with Crippen molar-refractivity contribution in [2.75, 3.05) is 24.6 Å². The Bertz CT molecular complexity index is 764. The first-order chi connectivity index (χ1) is 11.7. The number of ether oxygens (including phenoxy) is 1. The molecule has 0 saturated carbocycles. The number of hydrogen-bond donors (Lipinski definition) is 0. The smallest absolute Gasteiger partial charge is 0.169 e. The van der Waals surface area contributed by atoms with Crippen molar-refractivity contribution in [3.8, 4) is 6.07 Å². The fraction of sp³-hybridized carbons (Fsp3) is 0.562. The number of nitriles is 1. The zero-order chi connectivity index (χ0) is 17.1. The summed E-state index contributed by atoms with van der Waals surface area (Å²) in [5.41, 5.74) is 2.52. The molecule has 1 atom stereocenters. The lowest BCUT2D eigenvalue weighted by Crippen LogP contribution is -2.40. The third kappa shape index (κ3) is 2.83. The molecule has 0 aromatic carbocycles. The summed E-state index contributed by atoms with van der Waals surface area (Å²) >= 11 is 0. The van der Waals surface area contributed by atoms with Crippen LogP contribution in [0.2, 0.25) is 0 Å². The van der Waals surface area contributed by atoms with Gasteiger partial charge in [0.2, 0.25) is 0 Å². The van der Waals surface area contributed by atoms with E-state index in [2.05, 4.69) is 31.4 Å². The van der Waals surface area contributed by atoms with Crippen molar-refractivity contribution < 1.29 is 4.74 Å². The number of aryl methyl sites for hydroxylation is 2. The van der Waals surface area contributed by atoms with E-state index in [9.17, 15) is 5.26 Å². The summed E-state index contributed by atoms with van der Waals surface area (Å²) in [7, 11) is 1.89. The van der Waals surface area contributed by atoms with Crippen LogP contribution in [-0.4, -0.2) is 44.7 Å². The first-order valence-corrected chi connectivity index (χ1v) is 8.18. The molecule has 0 radical (unpaired) electrons. The molecule has 0 amide bonds. The van der Waals surface area contributed by atoms with Gasteiger partial charge in [-0.25, -0.2) is 0 Å². The summed E-state index contributed by atoms with van der Waals surface area (Å²) in [6.45, 7) is 5.86. The quantitative estimate of drug-likeness (QED) is 0.832. The van der Waals surface area contributed by atoms with E-state index in [-0.39, 0.29) is 6.10 Å². The van der Waals surface area contributed by atoms with E-state index in [1.165, 1.54) is 0 Å². The summed E-state index contributed by atoms with van der Waals surface area (Å²) in [4.78, 5) is 2.06. The standard InChI is InChI=1S/C16H21N7O/c1-4-11-12(8-17)15(21-19-13(11)5-2)23-6-7-24-14(9-23)16-20-18-10-22(16)3/h10,14H,4-7,9H2,1-3H3/t14-/m0/s1. The van der Waals surface area contributed by atoms with E-state index < -0.39 is 0 Å².